The highest BCUT2D eigenvalue weighted by atomic mass is 16.5. The van der Waals surface area contributed by atoms with Gasteiger partial charge in [-0.1, -0.05) is 0 Å². The fraction of sp³-hybridized carbons (Fsp3) is 0.762. The molecule has 3 rings (SSSR count). The van der Waals surface area contributed by atoms with E-state index < -0.39 is 0 Å². The second-order valence-electron chi connectivity index (χ2n) is 8.12. The fourth-order valence-electron chi connectivity index (χ4n) is 4.74. The maximum atomic E-state index is 13.1. The van der Waals surface area contributed by atoms with E-state index in [1.165, 1.54) is 0 Å². The van der Waals surface area contributed by atoms with Crippen LogP contribution in [-0.4, -0.2) is 66.1 Å². The molecule has 2 fully saturated rings. The van der Waals surface area contributed by atoms with Crippen molar-refractivity contribution in [1.82, 2.24) is 9.47 Å². The van der Waals surface area contributed by atoms with Crippen molar-refractivity contribution in [1.29, 1.82) is 0 Å². The average Bonchev–Trinajstić information content (AvgIpc) is 2.94. The number of methoxy groups -OCH3 is 1. The topological polar surface area (TPSA) is 63.9 Å². The zero-order chi connectivity index (χ0) is 19.4. The Hall–Kier alpha value is -1.37. The lowest BCUT2D eigenvalue weighted by molar-refractivity contribution is -0.125. The van der Waals surface area contributed by atoms with Crippen LogP contribution in [0, 0.1) is 19.8 Å². The highest BCUT2D eigenvalue weighted by Crippen LogP contribution is 2.39. The molecule has 1 atom stereocenters. The molecule has 0 radical (unpaired) electrons. The summed E-state index contributed by atoms with van der Waals surface area (Å²) in [5, 5.41) is 9.25. The van der Waals surface area contributed by atoms with Crippen LogP contribution in [0.3, 0.4) is 0 Å². The largest absolute Gasteiger partial charge is 0.396 e. The predicted octanol–water partition coefficient (Wildman–Crippen LogP) is 2.54. The van der Waals surface area contributed by atoms with Crippen LogP contribution in [0.25, 0.3) is 0 Å². The van der Waals surface area contributed by atoms with Crippen LogP contribution >= 0.6 is 0 Å². The quantitative estimate of drug-likeness (QED) is 0.826. The van der Waals surface area contributed by atoms with Crippen LogP contribution in [0.2, 0.25) is 0 Å². The van der Waals surface area contributed by atoms with Crippen molar-refractivity contribution in [2.45, 2.75) is 58.1 Å². The molecule has 0 aliphatic carbocycles. The van der Waals surface area contributed by atoms with E-state index in [2.05, 4.69) is 4.57 Å². The lowest BCUT2D eigenvalue weighted by atomic mass is 9.78. The number of nitrogens with zero attached hydrogens (tertiary/aromatic N) is 2. The van der Waals surface area contributed by atoms with Crippen molar-refractivity contribution < 1.29 is 19.4 Å². The Morgan fingerprint density at radius 3 is 2.78 bits per heavy atom. The Labute approximate surface area is 162 Å². The predicted molar refractivity (Wildman–Crippen MR) is 104 cm³/mol. The van der Waals surface area contributed by atoms with Crippen molar-refractivity contribution in [2.75, 3.05) is 40.0 Å². The minimum atomic E-state index is -0.0930. The zero-order valence-corrected chi connectivity index (χ0v) is 17.0. The number of aryl methyl sites for hydroxylation is 1. The molecule has 3 heterocycles. The second-order valence-corrected chi connectivity index (χ2v) is 8.12. The van der Waals surface area contributed by atoms with E-state index in [-0.39, 0.29) is 18.1 Å². The Kier molecular flexibility index (Phi) is 6.61. The van der Waals surface area contributed by atoms with Crippen LogP contribution in [0.5, 0.6) is 0 Å². The lowest BCUT2D eigenvalue weighted by Crippen LogP contribution is -2.50. The molecule has 0 saturated carbocycles. The van der Waals surface area contributed by atoms with Gasteiger partial charge in [0, 0.05) is 51.3 Å². The molecule has 0 bridgehead atoms. The summed E-state index contributed by atoms with van der Waals surface area (Å²) in [5.41, 5.74) is 2.84. The van der Waals surface area contributed by atoms with Crippen LogP contribution in [0.1, 0.15) is 53.8 Å². The summed E-state index contributed by atoms with van der Waals surface area (Å²) in [6.45, 7) is 7.99. The summed E-state index contributed by atoms with van der Waals surface area (Å²) in [5.74, 6) is 0.676. The third-order valence-electron chi connectivity index (χ3n) is 6.42. The molecule has 1 spiro atoms. The monoisotopic (exact) mass is 378 g/mol. The molecule has 152 valence electrons. The summed E-state index contributed by atoms with van der Waals surface area (Å²) in [6.07, 6.45) is 4.70. The van der Waals surface area contributed by atoms with E-state index in [1.807, 2.05) is 24.8 Å². The number of piperidine rings is 1. The van der Waals surface area contributed by atoms with Crippen molar-refractivity contribution in [3.8, 4) is 0 Å². The number of hydrogen-bond acceptors (Lipinski definition) is 4. The number of ether oxygens (including phenoxy) is 2. The van der Waals surface area contributed by atoms with Crippen LogP contribution in [0.15, 0.2) is 6.07 Å². The Balaban J connectivity index is 1.63. The number of carbonyl (C=O) groups excluding carboxylic acids is 1. The highest BCUT2D eigenvalue weighted by Gasteiger charge is 2.41. The number of carbonyl (C=O) groups is 1. The molecular weight excluding hydrogens is 344 g/mol. The SMILES string of the molecule is COCCn1c(C)cc(C(=O)N2CCC3(CC2)C[C@@H](CCO)CCO3)c1C. The first-order chi connectivity index (χ1) is 13.0. The first-order valence-electron chi connectivity index (χ1n) is 10.2. The van der Waals surface area contributed by atoms with Gasteiger partial charge >= 0.3 is 0 Å². The molecule has 0 unspecified atom stereocenters. The molecule has 2 saturated heterocycles. The van der Waals surface area contributed by atoms with Gasteiger partial charge in [0.2, 0.25) is 0 Å². The Morgan fingerprint density at radius 1 is 1.37 bits per heavy atom. The number of aliphatic hydroxyl groups is 1. The van der Waals surface area contributed by atoms with Gasteiger partial charge in [-0.15, -0.1) is 0 Å². The minimum Gasteiger partial charge on any atom is -0.396 e. The first kappa shape index (κ1) is 20.4. The number of aliphatic hydroxyl groups excluding tert-OH is 1. The van der Waals surface area contributed by atoms with Crippen molar-refractivity contribution >= 4 is 5.91 Å². The smallest absolute Gasteiger partial charge is 0.255 e. The molecule has 6 nitrogen and oxygen atoms in total. The van der Waals surface area contributed by atoms with Gasteiger partial charge in [0.1, 0.15) is 0 Å². The molecule has 1 aromatic rings. The standard InChI is InChI=1S/C21H34N2O4/c1-16-14-19(17(2)23(16)10-13-26-3)20(25)22-8-6-21(7-9-22)15-18(4-11-24)5-12-27-21/h14,18,24H,4-13,15H2,1-3H3/t18-/m0/s1. The summed E-state index contributed by atoms with van der Waals surface area (Å²) < 4.78 is 13.5. The van der Waals surface area contributed by atoms with Gasteiger partial charge in [0.05, 0.1) is 17.8 Å². The summed E-state index contributed by atoms with van der Waals surface area (Å²) in [6, 6.07) is 2.01. The van der Waals surface area contributed by atoms with E-state index in [4.69, 9.17) is 9.47 Å². The Bertz CT molecular complexity index is 645. The first-order valence-corrected chi connectivity index (χ1v) is 10.2. The van der Waals surface area contributed by atoms with Crippen LogP contribution in [0.4, 0.5) is 0 Å². The van der Waals surface area contributed by atoms with E-state index in [0.717, 1.165) is 75.3 Å². The molecule has 27 heavy (non-hydrogen) atoms. The lowest BCUT2D eigenvalue weighted by Gasteiger charge is -2.46. The third kappa shape index (κ3) is 4.39. The highest BCUT2D eigenvalue weighted by molar-refractivity contribution is 5.95. The van der Waals surface area contributed by atoms with Gasteiger partial charge in [-0.2, -0.15) is 0 Å². The van der Waals surface area contributed by atoms with Gasteiger partial charge < -0.3 is 24.0 Å². The zero-order valence-electron chi connectivity index (χ0n) is 17.0. The Morgan fingerprint density at radius 2 is 2.11 bits per heavy atom. The van der Waals surface area contributed by atoms with Gasteiger partial charge in [0.15, 0.2) is 0 Å². The van der Waals surface area contributed by atoms with Crippen LogP contribution in [-0.2, 0) is 16.0 Å². The van der Waals surface area contributed by atoms with E-state index in [1.54, 1.807) is 7.11 Å². The van der Waals surface area contributed by atoms with Gasteiger partial charge in [0.25, 0.3) is 5.91 Å². The number of likely N-dealkylation sites (tertiary alicyclic amines) is 1. The molecule has 2 aliphatic heterocycles. The molecule has 0 aromatic carbocycles. The van der Waals surface area contributed by atoms with Crippen molar-refractivity contribution in [3.63, 3.8) is 0 Å². The average molecular weight is 379 g/mol. The third-order valence-corrected chi connectivity index (χ3v) is 6.42. The summed E-state index contributed by atoms with van der Waals surface area (Å²) >= 11 is 0. The van der Waals surface area contributed by atoms with Crippen LogP contribution < -0.4 is 0 Å². The number of aromatic nitrogens is 1. The summed E-state index contributed by atoms with van der Waals surface area (Å²) in [4.78, 5) is 15.1. The molecule has 1 amide bonds. The molecule has 1 aromatic heterocycles. The van der Waals surface area contributed by atoms with Gasteiger partial charge in [-0.05, 0) is 57.9 Å². The van der Waals surface area contributed by atoms with Crippen molar-refractivity contribution in [2.24, 2.45) is 5.92 Å². The fourth-order valence-corrected chi connectivity index (χ4v) is 4.74. The minimum absolute atomic E-state index is 0.0930. The maximum Gasteiger partial charge on any atom is 0.255 e. The summed E-state index contributed by atoms with van der Waals surface area (Å²) in [7, 11) is 1.70. The number of hydrogen-bond donors (Lipinski definition) is 1. The van der Waals surface area contributed by atoms with Crippen molar-refractivity contribution in [3.05, 3.63) is 23.0 Å². The number of rotatable bonds is 6. The second kappa shape index (κ2) is 8.76. The molecular formula is C21H34N2O4. The van der Waals surface area contributed by atoms with Gasteiger partial charge in [-0.3, -0.25) is 4.79 Å². The van der Waals surface area contributed by atoms with E-state index in [9.17, 15) is 9.90 Å². The van der Waals surface area contributed by atoms with E-state index in [0.29, 0.717) is 12.5 Å². The van der Waals surface area contributed by atoms with E-state index >= 15 is 0 Å². The van der Waals surface area contributed by atoms with Gasteiger partial charge in [-0.25, -0.2) is 0 Å². The maximum absolute atomic E-state index is 13.1. The normalized spacial score (nSPS) is 22.4. The molecule has 2 aliphatic rings. The molecule has 1 N–H and O–H groups in total. The number of amides is 1. The molecule has 6 heteroatoms.